The largest absolute Gasteiger partial charge is 0.507 e. The summed E-state index contributed by atoms with van der Waals surface area (Å²) in [5, 5.41) is 10.5. The Labute approximate surface area is 224 Å². The number of methoxy groups -OCH3 is 1. The fourth-order valence-electron chi connectivity index (χ4n) is 3.10. The van der Waals surface area contributed by atoms with E-state index in [0.717, 1.165) is 17.4 Å². The third-order valence-corrected chi connectivity index (χ3v) is 6.00. The Morgan fingerprint density at radius 2 is 2.14 bits per heavy atom. The normalized spacial score (nSPS) is 13.2. The second kappa shape index (κ2) is 13.0. The number of aryl methyl sites for hydroxylation is 1. The van der Waals surface area contributed by atoms with E-state index in [1.54, 1.807) is 6.08 Å². The minimum absolute atomic E-state index is 0.106. The van der Waals surface area contributed by atoms with E-state index in [4.69, 9.17) is 24.9 Å². The number of rotatable bonds is 11. The summed E-state index contributed by atoms with van der Waals surface area (Å²) < 4.78 is 48.9. The van der Waals surface area contributed by atoms with Gasteiger partial charge in [-0.25, -0.2) is 14.2 Å². The number of aromatic nitrogens is 1. The summed E-state index contributed by atoms with van der Waals surface area (Å²) >= 11 is 6.84. The number of esters is 1. The van der Waals surface area contributed by atoms with Crippen molar-refractivity contribution in [1.29, 1.82) is 0 Å². The van der Waals surface area contributed by atoms with Gasteiger partial charge < -0.3 is 19.0 Å². The zero-order valence-corrected chi connectivity index (χ0v) is 21.0. The van der Waals surface area contributed by atoms with Crippen LogP contribution in [0.5, 0.6) is 16.7 Å². The Bertz CT molecular complexity index is 1510. The lowest BCUT2D eigenvalue weighted by molar-refractivity contribution is -0.139. The molecule has 1 aromatic carbocycles. The molecule has 0 atom stereocenters. The van der Waals surface area contributed by atoms with E-state index in [2.05, 4.69) is 9.72 Å². The summed E-state index contributed by atoms with van der Waals surface area (Å²) in [6.07, 6.45) is 7.05. The zero-order valence-electron chi connectivity index (χ0n) is 22.5. The molecular weight excluding hydrogens is 525 g/mol. The molecular formula is C26H23ClFNO7S. The first-order chi connectivity index (χ1) is 18.8. The van der Waals surface area contributed by atoms with Crippen LogP contribution in [0.4, 0.5) is 4.39 Å². The van der Waals surface area contributed by atoms with Gasteiger partial charge in [0.2, 0.25) is 0 Å². The number of aromatic hydroxyl groups is 1. The third-order valence-electron chi connectivity index (χ3n) is 4.88. The SMILES string of the molecule is [2H]C([2H])([2H])OC(=O)C/C=C/CCCc1cc(O)c(C(=O)C(C)=Cc2cnc(Oc3ccc(F)c(Cl)c3)s2)c(=O)o1. The van der Waals surface area contributed by atoms with Crippen LogP contribution in [-0.2, 0) is 16.0 Å². The molecule has 1 N–H and O–H groups in total. The van der Waals surface area contributed by atoms with Gasteiger partial charge in [0, 0.05) is 24.8 Å². The number of hydrogen-bond donors (Lipinski definition) is 1. The van der Waals surface area contributed by atoms with Crippen molar-refractivity contribution in [2.45, 2.75) is 32.6 Å². The van der Waals surface area contributed by atoms with Crippen LogP contribution in [0.2, 0.25) is 5.02 Å². The number of halogens is 2. The maximum Gasteiger partial charge on any atom is 0.351 e. The summed E-state index contributed by atoms with van der Waals surface area (Å²) in [6, 6.07) is 5.04. The molecule has 0 bridgehead atoms. The van der Waals surface area contributed by atoms with E-state index < -0.39 is 41.5 Å². The highest BCUT2D eigenvalue weighted by Gasteiger charge is 2.21. The van der Waals surface area contributed by atoms with Gasteiger partial charge in [-0.2, -0.15) is 0 Å². The lowest BCUT2D eigenvalue weighted by atomic mass is 10.0. The van der Waals surface area contributed by atoms with Crippen LogP contribution in [0.15, 0.2) is 57.4 Å². The maximum atomic E-state index is 13.3. The molecule has 0 aliphatic carbocycles. The molecule has 0 aliphatic rings. The van der Waals surface area contributed by atoms with Gasteiger partial charge in [0.05, 0.1) is 27.5 Å². The van der Waals surface area contributed by atoms with E-state index >= 15 is 0 Å². The molecule has 0 saturated carbocycles. The van der Waals surface area contributed by atoms with E-state index in [9.17, 15) is 23.9 Å². The van der Waals surface area contributed by atoms with Crippen molar-refractivity contribution < 1.29 is 37.1 Å². The highest BCUT2D eigenvalue weighted by Crippen LogP contribution is 2.30. The van der Waals surface area contributed by atoms with E-state index in [-0.39, 0.29) is 40.1 Å². The summed E-state index contributed by atoms with van der Waals surface area (Å²) in [5.74, 6) is -2.27. The smallest absolute Gasteiger partial charge is 0.351 e. The highest BCUT2D eigenvalue weighted by molar-refractivity contribution is 7.14. The molecule has 0 radical (unpaired) electrons. The number of thiazole rings is 1. The van der Waals surface area contributed by atoms with Gasteiger partial charge in [-0.15, -0.1) is 0 Å². The van der Waals surface area contributed by atoms with Crippen molar-refractivity contribution in [2.24, 2.45) is 0 Å². The van der Waals surface area contributed by atoms with Crippen molar-refractivity contribution in [3.05, 3.63) is 85.6 Å². The maximum absolute atomic E-state index is 13.3. The van der Waals surface area contributed by atoms with Crippen molar-refractivity contribution in [2.75, 3.05) is 7.04 Å². The number of ketones is 1. The Kier molecular flexibility index (Phi) is 8.29. The van der Waals surface area contributed by atoms with Crippen LogP contribution in [0, 0.1) is 5.82 Å². The molecule has 11 heteroatoms. The Balaban J connectivity index is 1.58. The predicted octanol–water partition coefficient (Wildman–Crippen LogP) is 6.11. The molecule has 3 aromatic rings. The Hall–Kier alpha value is -3.76. The van der Waals surface area contributed by atoms with Gasteiger partial charge in [0.15, 0.2) is 5.78 Å². The molecule has 2 aromatic heterocycles. The molecule has 2 heterocycles. The second-order valence-electron chi connectivity index (χ2n) is 7.67. The predicted molar refractivity (Wildman–Crippen MR) is 137 cm³/mol. The van der Waals surface area contributed by atoms with Crippen molar-refractivity contribution in [3.8, 4) is 16.7 Å². The number of carbonyl (C=O) groups is 2. The van der Waals surface area contributed by atoms with Crippen LogP contribution in [0.3, 0.4) is 0 Å². The van der Waals surface area contributed by atoms with E-state index in [1.807, 2.05) is 0 Å². The highest BCUT2D eigenvalue weighted by atomic mass is 35.5. The molecule has 0 unspecified atom stereocenters. The lowest BCUT2D eigenvalue weighted by Gasteiger charge is -2.05. The third kappa shape index (κ3) is 7.86. The standard InChI is InChI=1S/C26H23ClFNO7S/c1-15(11-18-14-29-26(37-18)36-17-9-10-20(28)19(27)12-17)24(32)23-21(30)13-16(35-25(23)33)7-5-3-4-6-8-22(31)34-2/h4,6,9-14,30H,3,5,7-8H2,1-2H3/b6-4+,15-11?/i2D3. The molecule has 0 spiro atoms. The van der Waals surface area contributed by atoms with E-state index in [1.165, 1.54) is 43.5 Å². The van der Waals surface area contributed by atoms with Crippen LogP contribution >= 0.6 is 22.9 Å². The zero-order chi connectivity index (χ0) is 29.4. The molecule has 37 heavy (non-hydrogen) atoms. The van der Waals surface area contributed by atoms with Crippen LogP contribution < -0.4 is 10.4 Å². The van der Waals surface area contributed by atoms with Gasteiger partial charge in [-0.05, 0) is 43.5 Å². The minimum Gasteiger partial charge on any atom is -0.507 e. The average molecular weight is 551 g/mol. The van der Waals surface area contributed by atoms with Gasteiger partial charge in [0.1, 0.15) is 28.6 Å². The summed E-state index contributed by atoms with van der Waals surface area (Å²) in [4.78, 5) is 41.3. The molecule has 194 valence electrons. The number of unbranched alkanes of at least 4 members (excludes halogenated alkanes) is 1. The molecule has 0 saturated heterocycles. The number of ether oxygens (including phenoxy) is 2. The van der Waals surface area contributed by atoms with Crippen LogP contribution in [0.25, 0.3) is 6.08 Å². The monoisotopic (exact) mass is 550 g/mol. The van der Waals surface area contributed by atoms with Crippen LogP contribution in [-0.4, -0.2) is 28.9 Å². The number of hydrogen-bond acceptors (Lipinski definition) is 9. The molecule has 0 aliphatic heterocycles. The van der Waals surface area contributed by atoms with Crippen molar-refractivity contribution in [3.63, 3.8) is 0 Å². The first-order valence-corrected chi connectivity index (χ1v) is 12.1. The fraction of sp³-hybridized carbons (Fsp3) is 0.231. The van der Waals surface area contributed by atoms with Gasteiger partial charge >= 0.3 is 11.6 Å². The van der Waals surface area contributed by atoms with Gasteiger partial charge in [0.25, 0.3) is 5.19 Å². The molecule has 3 rings (SSSR count). The first kappa shape index (κ1) is 23.6. The number of nitrogens with zero attached hydrogens (tertiary/aromatic N) is 1. The Morgan fingerprint density at radius 1 is 1.32 bits per heavy atom. The van der Waals surface area contributed by atoms with Crippen LogP contribution in [0.1, 0.15) is 51.3 Å². The van der Waals surface area contributed by atoms with E-state index in [0.29, 0.717) is 17.7 Å². The lowest BCUT2D eigenvalue weighted by Crippen LogP contribution is -2.16. The first-order valence-electron chi connectivity index (χ1n) is 12.4. The fourth-order valence-corrected chi connectivity index (χ4v) is 4.05. The van der Waals surface area contributed by atoms with Crippen molar-refractivity contribution in [1.82, 2.24) is 4.98 Å². The number of benzene rings is 1. The molecule has 0 fully saturated rings. The summed E-state index contributed by atoms with van der Waals surface area (Å²) in [6.45, 7) is 1.47. The topological polar surface area (TPSA) is 116 Å². The second-order valence-corrected chi connectivity index (χ2v) is 9.10. The minimum atomic E-state index is -2.78. The Morgan fingerprint density at radius 3 is 2.86 bits per heavy atom. The number of carbonyl (C=O) groups excluding carboxylic acids is 2. The number of allylic oxidation sites excluding steroid dienone is 2. The van der Waals surface area contributed by atoms with Gasteiger partial charge in [-0.3, -0.25) is 9.59 Å². The average Bonchev–Trinajstić information content (AvgIpc) is 3.28. The van der Waals surface area contributed by atoms with Gasteiger partial charge in [-0.1, -0.05) is 35.1 Å². The summed E-state index contributed by atoms with van der Waals surface area (Å²) in [7, 11) is -2.78. The molecule has 8 nitrogen and oxygen atoms in total. The van der Waals surface area contributed by atoms with Crippen molar-refractivity contribution >= 4 is 40.8 Å². The summed E-state index contributed by atoms with van der Waals surface area (Å²) in [5.41, 5.74) is -1.36. The number of Topliss-reactive ketones (excluding diaryl/α,β-unsaturated/α-hetero) is 1. The molecule has 0 amide bonds. The quantitative estimate of drug-likeness (QED) is 0.0998.